The number of unbranched alkanes of at least 4 members (excludes halogenated alkanes) is 14. The minimum atomic E-state index is -4.73. The summed E-state index contributed by atoms with van der Waals surface area (Å²) in [6.07, 6.45) is 33.6. The second-order valence-corrected chi connectivity index (χ2v) is 14.7. The van der Waals surface area contributed by atoms with Gasteiger partial charge in [0, 0.05) is 12.8 Å². The molecule has 0 saturated carbocycles. The Hall–Kier alpha value is -2.60. The van der Waals surface area contributed by atoms with Crippen molar-refractivity contribution >= 4 is 25.7 Å². The first-order valence-electron chi connectivity index (χ1n) is 19.8. The van der Waals surface area contributed by atoms with E-state index in [0.717, 1.165) is 25.7 Å². The Morgan fingerprint density at radius 2 is 1.25 bits per heavy atom. The Morgan fingerprint density at radius 3 is 1.91 bits per heavy atom. The van der Waals surface area contributed by atoms with Crippen LogP contribution < -0.4 is 5.73 Å². The lowest BCUT2D eigenvalue weighted by atomic mass is 10.1. The Balaban J connectivity index is 4.57. The molecular weight excluding hydrogens is 701 g/mol. The highest BCUT2D eigenvalue weighted by atomic mass is 31.2. The van der Waals surface area contributed by atoms with Crippen LogP contribution in [-0.2, 0) is 37.5 Å². The predicted octanol–water partition coefficient (Wildman–Crippen LogP) is 8.80. The van der Waals surface area contributed by atoms with Crippen LogP contribution >= 0.6 is 7.82 Å². The first-order valence-corrected chi connectivity index (χ1v) is 21.3. The summed E-state index contributed by atoms with van der Waals surface area (Å²) in [5.41, 5.74) is 5.31. The Bertz CT molecular complexity index is 1110. The summed E-state index contributed by atoms with van der Waals surface area (Å²) in [6.45, 7) is 2.60. The van der Waals surface area contributed by atoms with Crippen molar-refractivity contribution in [3.05, 3.63) is 48.6 Å². The number of carboxylic acids is 1. The molecule has 53 heavy (non-hydrogen) atoms. The van der Waals surface area contributed by atoms with Crippen LogP contribution in [0, 0.1) is 0 Å². The predicted molar refractivity (Wildman–Crippen MR) is 209 cm³/mol. The molecule has 0 fully saturated rings. The van der Waals surface area contributed by atoms with Crippen molar-refractivity contribution in [1.29, 1.82) is 0 Å². The fourth-order valence-corrected chi connectivity index (χ4v) is 5.74. The van der Waals surface area contributed by atoms with Gasteiger partial charge in [0.15, 0.2) is 6.10 Å². The second-order valence-electron chi connectivity index (χ2n) is 13.3. The van der Waals surface area contributed by atoms with Crippen LogP contribution in [0.5, 0.6) is 0 Å². The number of phosphoric acid groups is 1. The van der Waals surface area contributed by atoms with Crippen molar-refractivity contribution in [2.24, 2.45) is 5.73 Å². The normalized spacial score (nSPS) is 15.0. The summed E-state index contributed by atoms with van der Waals surface area (Å²) in [7, 11) is -4.73. The number of allylic oxidation sites excluding steroid dienone is 6. The van der Waals surface area contributed by atoms with E-state index in [9.17, 15) is 28.9 Å². The molecule has 0 spiro atoms. The number of rotatable bonds is 36. The van der Waals surface area contributed by atoms with Gasteiger partial charge in [-0.3, -0.25) is 23.4 Å². The first-order chi connectivity index (χ1) is 25.5. The molecule has 1 unspecified atom stereocenters. The molecule has 0 heterocycles. The van der Waals surface area contributed by atoms with E-state index in [0.29, 0.717) is 32.1 Å². The Kier molecular flexibility index (Phi) is 33.4. The van der Waals surface area contributed by atoms with Crippen molar-refractivity contribution in [2.45, 2.75) is 167 Å². The third-order valence-corrected chi connectivity index (χ3v) is 9.11. The number of aliphatic carboxylic acids is 1. The number of esters is 2. The van der Waals surface area contributed by atoms with Crippen LogP contribution in [-0.4, -0.2) is 71.1 Å². The maximum absolute atomic E-state index is 12.5. The van der Waals surface area contributed by atoms with E-state index in [4.69, 9.17) is 24.8 Å². The number of aliphatic hydroxyl groups is 1. The fourth-order valence-electron chi connectivity index (χ4n) is 4.96. The number of nitrogens with two attached hydrogens (primary N) is 1. The Morgan fingerprint density at radius 1 is 0.679 bits per heavy atom. The van der Waals surface area contributed by atoms with Gasteiger partial charge in [-0.1, -0.05) is 140 Å². The largest absolute Gasteiger partial charge is 0.480 e. The lowest BCUT2D eigenvalue weighted by Crippen LogP contribution is -2.34. The van der Waals surface area contributed by atoms with Crippen LogP contribution in [0.2, 0.25) is 0 Å². The zero-order chi connectivity index (χ0) is 39.4. The third kappa shape index (κ3) is 34.9. The van der Waals surface area contributed by atoms with Gasteiger partial charge < -0.3 is 30.3 Å². The van der Waals surface area contributed by atoms with Crippen molar-refractivity contribution < 1.29 is 52.6 Å². The molecule has 0 bridgehead atoms. The lowest BCUT2D eigenvalue weighted by molar-refractivity contribution is -0.161. The smallest absolute Gasteiger partial charge is 0.472 e. The van der Waals surface area contributed by atoms with Gasteiger partial charge in [0.1, 0.15) is 12.6 Å². The quantitative estimate of drug-likeness (QED) is 0.0156. The second kappa shape index (κ2) is 35.1. The first kappa shape index (κ1) is 50.4. The van der Waals surface area contributed by atoms with Gasteiger partial charge in [-0.15, -0.1) is 0 Å². The average molecular weight is 772 g/mol. The molecule has 0 saturated heterocycles. The van der Waals surface area contributed by atoms with Crippen molar-refractivity contribution in [2.75, 3.05) is 19.8 Å². The fraction of sp³-hybridized carbons (Fsp3) is 0.725. The zero-order valence-electron chi connectivity index (χ0n) is 32.5. The maximum Gasteiger partial charge on any atom is 0.472 e. The highest BCUT2D eigenvalue weighted by Gasteiger charge is 2.28. The topological polar surface area (TPSA) is 192 Å². The maximum atomic E-state index is 12.5. The summed E-state index contributed by atoms with van der Waals surface area (Å²) in [5, 5.41) is 18.9. The molecule has 0 aliphatic carbocycles. The van der Waals surface area contributed by atoms with E-state index in [1.54, 1.807) is 6.08 Å². The molecule has 0 aromatic rings. The number of carbonyl (C=O) groups excluding carboxylic acids is 2. The van der Waals surface area contributed by atoms with E-state index in [2.05, 4.69) is 24.4 Å². The summed E-state index contributed by atoms with van der Waals surface area (Å²) in [5.74, 6) is -2.50. The van der Waals surface area contributed by atoms with Crippen molar-refractivity contribution in [1.82, 2.24) is 0 Å². The van der Waals surface area contributed by atoms with E-state index < -0.39 is 63.8 Å². The van der Waals surface area contributed by atoms with Crippen LogP contribution in [0.15, 0.2) is 48.6 Å². The van der Waals surface area contributed by atoms with Gasteiger partial charge in [0.2, 0.25) is 0 Å². The molecule has 0 radical (unpaired) electrons. The number of ether oxygens (including phenoxy) is 2. The lowest BCUT2D eigenvalue weighted by Gasteiger charge is -2.20. The molecule has 5 N–H and O–H groups in total. The molecule has 0 amide bonds. The number of hydrogen-bond acceptors (Lipinski definition) is 10. The van der Waals surface area contributed by atoms with Crippen LogP contribution in [0.3, 0.4) is 0 Å². The van der Waals surface area contributed by atoms with Crippen molar-refractivity contribution in [3.63, 3.8) is 0 Å². The SMILES string of the molecule is CCCCC/C=C\C[C@@H](O)/C=C/C=C\C/C=C\CCCC(=O)OC[C@H](COP(=O)(O)OC[C@H](N)C(=O)O)OC(=O)CCCCCCCCCCCCC. The van der Waals surface area contributed by atoms with Gasteiger partial charge in [-0.25, -0.2) is 4.57 Å². The molecule has 0 rings (SSSR count). The molecule has 4 atom stereocenters. The number of phosphoric ester groups is 1. The van der Waals surface area contributed by atoms with Crippen LogP contribution in [0.25, 0.3) is 0 Å². The standard InChI is InChI=1S/C40H70NO11P/c1-3-5-7-9-11-12-13-14-19-23-27-31-39(44)52-36(33-50-53(47,48)51-34-37(41)40(45)46)32-49-38(43)30-26-22-18-16-15-17-21-25-29-35(42)28-24-20-10-8-6-4-2/h16-18,20-21,24-25,29,35-37,42H,3-15,19,22-23,26-28,30-34,41H2,1-2H3,(H,45,46)(H,47,48)/b18-16-,21-17-,24-20-,29-25+/t35-,36-,37+/m1/s1. The monoisotopic (exact) mass is 771 g/mol. The zero-order valence-corrected chi connectivity index (χ0v) is 33.3. The molecule has 0 aromatic heterocycles. The molecule has 0 aliphatic heterocycles. The minimum Gasteiger partial charge on any atom is -0.480 e. The van der Waals surface area contributed by atoms with Gasteiger partial charge >= 0.3 is 25.7 Å². The number of aliphatic hydroxyl groups excluding tert-OH is 1. The highest BCUT2D eigenvalue weighted by molar-refractivity contribution is 7.47. The molecule has 13 heteroatoms. The van der Waals surface area contributed by atoms with Crippen molar-refractivity contribution in [3.8, 4) is 0 Å². The Labute approximate surface area is 318 Å². The number of carboxylic acid groups (broad SMARTS) is 1. The highest BCUT2D eigenvalue weighted by Crippen LogP contribution is 2.43. The average Bonchev–Trinajstić information content (AvgIpc) is 3.12. The summed E-state index contributed by atoms with van der Waals surface area (Å²) in [6, 6.07) is -1.54. The van der Waals surface area contributed by atoms with Gasteiger partial charge in [-0.05, 0) is 44.9 Å². The molecule has 306 valence electrons. The molecule has 12 nitrogen and oxygen atoms in total. The molecule has 0 aliphatic rings. The number of hydrogen-bond donors (Lipinski definition) is 4. The number of carbonyl (C=O) groups is 3. The van der Waals surface area contributed by atoms with Crippen LogP contribution in [0.1, 0.15) is 149 Å². The summed E-state index contributed by atoms with van der Waals surface area (Å²) >= 11 is 0. The molecular formula is C40H70NO11P. The van der Waals surface area contributed by atoms with E-state index in [1.165, 1.54) is 64.2 Å². The minimum absolute atomic E-state index is 0.114. The molecule has 0 aromatic carbocycles. The van der Waals surface area contributed by atoms with E-state index in [1.807, 2.05) is 36.5 Å². The van der Waals surface area contributed by atoms with Gasteiger partial charge in [0.25, 0.3) is 0 Å². The van der Waals surface area contributed by atoms with Gasteiger partial charge in [0.05, 0.1) is 19.3 Å². The van der Waals surface area contributed by atoms with E-state index >= 15 is 0 Å². The van der Waals surface area contributed by atoms with E-state index in [-0.39, 0.29) is 12.8 Å². The summed E-state index contributed by atoms with van der Waals surface area (Å²) < 4.78 is 32.5. The van der Waals surface area contributed by atoms with Crippen LogP contribution in [0.4, 0.5) is 0 Å². The summed E-state index contributed by atoms with van der Waals surface area (Å²) in [4.78, 5) is 45.7. The van der Waals surface area contributed by atoms with Gasteiger partial charge in [-0.2, -0.15) is 0 Å². The third-order valence-electron chi connectivity index (χ3n) is 8.16.